The largest absolute Gasteiger partial charge is 0.461 e. The molecule has 0 saturated carbocycles. The normalized spacial score (nSPS) is 11.9. The number of nitrogens with zero attached hydrogens (tertiary/aromatic N) is 1. The summed E-state index contributed by atoms with van der Waals surface area (Å²) in [5, 5.41) is 1.05. The second-order valence-corrected chi connectivity index (χ2v) is 10.4. The maximum atomic E-state index is 13.4. The first-order valence-corrected chi connectivity index (χ1v) is 12.5. The molecule has 0 atom stereocenters. The van der Waals surface area contributed by atoms with Gasteiger partial charge in [-0.25, -0.2) is 17.2 Å². The highest BCUT2D eigenvalue weighted by molar-refractivity contribution is 7.90. The lowest BCUT2D eigenvalue weighted by atomic mass is 9.93. The van der Waals surface area contributed by atoms with E-state index in [2.05, 4.69) is 4.98 Å². The summed E-state index contributed by atoms with van der Waals surface area (Å²) in [6, 6.07) is 11.8. The number of nitrogens with one attached hydrogen (secondary N) is 1. The fourth-order valence-electron chi connectivity index (χ4n) is 3.98. The molecular weight excluding hydrogens is 460 g/mol. The van der Waals surface area contributed by atoms with Crippen molar-refractivity contribution in [2.75, 3.05) is 6.61 Å². The van der Waals surface area contributed by atoms with Crippen LogP contribution in [0.1, 0.15) is 48.3 Å². The Morgan fingerprint density at radius 2 is 1.79 bits per heavy atom. The van der Waals surface area contributed by atoms with Gasteiger partial charge in [-0.2, -0.15) is 0 Å². The van der Waals surface area contributed by atoms with E-state index in [4.69, 9.17) is 16.3 Å². The van der Waals surface area contributed by atoms with Crippen LogP contribution in [0.5, 0.6) is 0 Å². The van der Waals surface area contributed by atoms with Gasteiger partial charge in [0.25, 0.3) is 10.0 Å². The van der Waals surface area contributed by atoms with Crippen LogP contribution in [0.25, 0.3) is 22.0 Å². The lowest BCUT2D eigenvalue weighted by Crippen LogP contribution is -2.11. The van der Waals surface area contributed by atoms with Crippen molar-refractivity contribution in [3.63, 3.8) is 0 Å². The molecule has 33 heavy (non-hydrogen) atoms. The zero-order valence-electron chi connectivity index (χ0n) is 18.8. The van der Waals surface area contributed by atoms with Crippen LogP contribution in [0.15, 0.2) is 59.8 Å². The number of halogens is 1. The molecule has 172 valence electrons. The molecule has 8 heteroatoms. The minimum atomic E-state index is -3.82. The van der Waals surface area contributed by atoms with Crippen LogP contribution in [0.2, 0.25) is 5.02 Å². The van der Waals surface area contributed by atoms with Crippen molar-refractivity contribution in [2.24, 2.45) is 0 Å². The summed E-state index contributed by atoms with van der Waals surface area (Å²) in [5.74, 6) is -0.400. The van der Waals surface area contributed by atoms with Crippen LogP contribution in [-0.2, 0) is 14.8 Å². The monoisotopic (exact) mass is 484 g/mol. The minimum absolute atomic E-state index is 0.0872. The first kappa shape index (κ1) is 23.1. The second kappa shape index (κ2) is 8.72. The SMILES string of the molecule is CCOC(=O)c1[nH]cc(C(C)C)c1-c1c(Cl)ccc2c1ccn2S(=O)(=O)c1ccc(C)cc1. The zero-order chi connectivity index (χ0) is 23.9. The molecule has 2 aromatic carbocycles. The molecule has 0 aliphatic rings. The van der Waals surface area contributed by atoms with Crippen LogP contribution in [-0.4, -0.2) is 30.0 Å². The van der Waals surface area contributed by atoms with Crippen molar-refractivity contribution >= 4 is 38.5 Å². The van der Waals surface area contributed by atoms with Crippen molar-refractivity contribution in [3.05, 3.63) is 76.7 Å². The number of aryl methyl sites for hydroxylation is 1. The van der Waals surface area contributed by atoms with Gasteiger partial charge in [0.2, 0.25) is 0 Å². The number of hydrogen-bond donors (Lipinski definition) is 1. The van der Waals surface area contributed by atoms with Gasteiger partial charge >= 0.3 is 5.97 Å². The quantitative estimate of drug-likeness (QED) is 0.333. The molecule has 1 N–H and O–H groups in total. The third-order valence-corrected chi connectivity index (χ3v) is 7.64. The molecule has 0 amide bonds. The number of rotatable bonds is 6. The van der Waals surface area contributed by atoms with Gasteiger partial charge in [0, 0.05) is 33.9 Å². The number of H-pyrrole nitrogens is 1. The Hall–Kier alpha value is -3.03. The van der Waals surface area contributed by atoms with E-state index < -0.39 is 16.0 Å². The smallest absolute Gasteiger partial charge is 0.355 e. The maximum absolute atomic E-state index is 13.4. The van der Waals surface area contributed by atoms with Gasteiger partial charge in [-0.3, -0.25) is 0 Å². The molecule has 0 spiro atoms. The van der Waals surface area contributed by atoms with E-state index in [1.165, 1.54) is 10.2 Å². The summed E-state index contributed by atoms with van der Waals surface area (Å²) < 4.78 is 33.3. The molecule has 0 aliphatic carbocycles. The van der Waals surface area contributed by atoms with Gasteiger partial charge in [-0.05, 0) is 55.7 Å². The maximum Gasteiger partial charge on any atom is 0.355 e. The van der Waals surface area contributed by atoms with Gasteiger partial charge < -0.3 is 9.72 Å². The summed E-state index contributed by atoms with van der Waals surface area (Å²) in [4.78, 5) is 15.9. The summed E-state index contributed by atoms with van der Waals surface area (Å²) in [5.41, 5.74) is 3.86. The zero-order valence-corrected chi connectivity index (χ0v) is 20.4. The standard InChI is InChI=1S/C25H25ClN2O4S/c1-5-32-25(29)24-23(19(14-27-24)15(2)3)22-18-12-13-28(21(18)11-10-20(22)26)33(30,31)17-8-6-16(4)7-9-17/h6-15,27H,5H2,1-4H3. The number of benzene rings is 2. The minimum Gasteiger partial charge on any atom is -0.461 e. The molecule has 0 radical (unpaired) electrons. The van der Waals surface area contributed by atoms with E-state index in [1.807, 2.05) is 20.8 Å². The lowest BCUT2D eigenvalue weighted by Gasteiger charge is -2.14. The molecule has 2 aromatic heterocycles. The number of esters is 1. The molecule has 2 heterocycles. The van der Waals surface area contributed by atoms with E-state index in [1.54, 1.807) is 55.6 Å². The van der Waals surface area contributed by atoms with Crippen molar-refractivity contribution < 1.29 is 17.9 Å². The molecule has 0 aliphatic heterocycles. The Balaban J connectivity index is 1.98. The Labute approximate surface area is 198 Å². The van der Waals surface area contributed by atoms with Gasteiger partial charge in [0.1, 0.15) is 5.69 Å². The molecule has 0 fully saturated rings. The first-order valence-electron chi connectivity index (χ1n) is 10.7. The number of ether oxygens (including phenoxy) is 1. The Morgan fingerprint density at radius 3 is 2.42 bits per heavy atom. The third kappa shape index (κ3) is 3.96. The number of carbonyl (C=O) groups excluding carboxylic acids is 1. The second-order valence-electron chi connectivity index (χ2n) is 8.15. The molecule has 4 rings (SSSR count). The van der Waals surface area contributed by atoms with Gasteiger partial charge in [0.15, 0.2) is 0 Å². The van der Waals surface area contributed by atoms with Crippen LogP contribution >= 0.6 is 11.6 Å². The number of carbonyl (C=O) groups is 1. The molecule has 6 nitrogen and oxygen atoms in total. The van der Waals surface area contributed by atoms with E-state index >= 15 is 0 Å². The molecule has 4 aromatic rings. The number of fused-ring (bicyclic) bond motifs is 1. The molecule has 0 saturated heterocycles. The molecule has 0 unspecified atom stereocenters. The van der Waals surface area contributed by atoms with Crippen molar-refractivity contribution in [2.45, 2.75) is 38.5 Å². The van der Waals surface area contributed by atoms with Crippen molar-refractivity contribution in [3.8, 4) is 11.1 Å². The van der Waals surface area contributed by atoms with Crippen molar-refractivity contribution in [1.29, 1.82) is 0 Å². The van der Waals surface area contributed by atoms with Crippen LogP contribution in [0.4, 0.5) is 0 Å². The van der Waals surface area contributed by atoms with Crippen LogP contribution in [0.3, 0.4) is 0 Å². The summed E-state index contributed by atoms with van der Waals surface area (Å²) in [6.45, 7) is 7.91. The van der Waals surface area contributed by atoms with Gasteiger partial charge in [-0.1, -0.05) is 43.1 Å². The fraction of sp³-hybridized carbons (Fsp3) is 0.240. The predicted octanol–water partition coefficient (Wildman–Crippen LogP) is 6.14. The summed E-state index contributed by atoms with van der Waals surface area (Å²) >= 11 is 6.66. The molecular formula is C25H25ClN2O4S. The van der Waals surface area contributed by atoms with E-state index in [-0.39, 0.29) is 17.4 Å². The predicted molar refractivity (Wildman–Crippen MR) is 131 cm³/mol. The highest BCUT2D eigenvalue weighted by Gasteiger charge is 2.27. The Kier molecular flexibility index (Phi) is 6.12. The highest BCUT2D eigenvalue weighted by atomic mass is 35.5. The lowest BCUT2D eigenvalue weighted by molar-refractivity contribution is 0.0521. The van der Waals surface area contributed by atoms with E-state index in [0.29, 0.717) is 32.7 Å². The van der Waals surface area contributed by atoms with Crippen LogP contribution < -0.4 is 0 Å². The van der Waals surface area contributed by atoms with Gasteiger partial charge in [-0.15, -0.1) is 0 Å². The van der Waals surface area contributed by atoms with E-state index in [9.17, 15) is 13.2 Å². The number of aromatic amines is 1. The van der Waals surface area contributed by atoms with E-state index in [0.717, 1.165) is 11.1 Å². The Morgan fingerprint density at radius 1 is 1.09 bits per heavy atom. The molecule has 0 bridgehead atoms. The summed E-state index contributed by atoms with van der Waals surface area (Å²) in [6.07, 6.45) is 3.30. The van der Waals surface area contributed by atoms with Crippen molar-refractivity contribution in [1.82, 2.24) is 8.96 Å². The van der Waals surface area contributed by atoms with Crippen LogP contribution in [0, 0.1) is 6.92 Å². The number of aromatic nitrogens is 2. The topological polar surface area (TPSA) is 81.2 Å². The average molecular weight is 485 g/mol. The Bertz CT molecular complexity index is 1450. The average Bonchev–Trinajstić information content (AvgIpc) is 3.39. The highest BCUT2D eigenvalue weighted by Crippen LogP contribution is 2.42. The summed E-state index contributed by atoms with van der Waals surface area (Å²) in [7, 11) is -3.82. The third-order valence-electron chi connectivity index (χ3n) is 5.63. The van der Waals surface area contributed by atoms with Gasteiger partial charge in [0.05, 0.1) is 17.0 Å². The number of hydrogen-bond acceptors (Lipinski definition) is 4. The fourth-order valence-corrected chi connectivity index (χ4v) is 5.59. The first-order chi connectivity index (χ1) is 15.7.